The van der Waals surface area contributed by atoms with Crippen LogP contribution in [0.15, 0.2) is 46.1 Å². The topological polar surface area (TPSA) is 83.8 Å². The zero-order valence-electron chi connectivity index (χ0n) is 24.7. The average molecular weight is 517 g/mol. The first kappa shape index (κ1) is 33.0. The molecule has 1 saturated carbocycles. The van der Waals surface area contributed by atoms with Crippen LogP contribution in [0.2, 0.25) is 0 Å². The minimum atomic E-state index is -0.892. The van der Waals surface area contributed by atoms with E-state index in [1.54, 1.807) is 0 Å². The fourth-order valence-corrected chi connectivity index (χ4v) is 5.51. The van der Waals surface area contributed by atoms with E-state index in [2.05, 4.69) is 45.9 Å². The molecule has 1 rings (SSSR count). The van der Waals surface area contributed by atoms with Crippen LogP contribution in [-0.2, 0) is 14.3 Å². The molecule has 0 aromatic carbocycles. The van der Waals surface area contributed by atoms with E-state index in [1.165, 1.54) is 18.1 Å². The molecule has 2 N–H and O–H groups in total. The van der Waals surface area contributed by atoms with Crippen molar-refractivity contribution in [3.8, 4) is 0 Å². The third kappa shape index (κ3) is 10.4. The highest BCUT2D eigenvalue weighted by atomic mass is 16.5. The van der Waals surface area contributed by atoms with Gasteiger partial charge in [-0.3, -0.25) is 9.59 Å². The molecule has 0 spiro atoms. The third-order valence-electron chi connectivity index (χ3n) is 8.36. The number of aldehydes is 1. The summed E-state index contributed by atoms with van der Waals surface area (Å²) >= 11 is 0. The summed E-state index contributed by atoms with van der Waals surface area (Å²) in [6.45, 7) is 15.9. The van der Waals surface area contributed by atoms with Crippen LogP contribution in [0.4, 0.5) is 0 Å². The van der Waals surface area contributed by atoms with Gasteiger partial charge in [-0.05, 0) is 116 Å². The van der Waals surface area contributed by atoms with Crippen LogP contribution >= 0.6 is 0 Å². The smallest absolute Gasteiger partial charge is 0.302 e. The first-order chi connectivity index (χ1) is 17.2. The molecule has 0 saturated heterocycles. The molecular weight excluding hydrogens is 464 g/mol. The summed E-state index contributed by atoms with van der Waals surface area (Å²) in [6.07, 6.45) is 13.7. The maximum atomic E-state index is 11.7. The first-order valence-electron chi connectivity index (χ1n) is 13.9. The number of hydrogen-bond donors (Lipinski definition) is 2. The normalized spacial score (nSPS) is 26.9. The Morgan fingerprint density at radius 1 is 1.08 bits per heavy atom. The number of rotatable bonds is 14. The van der Waals surface area contributed by atoms with Crippen molar-refractivity contribution in [1.29, 1.82) is 0 Å². The summed E-state index contributed by atoms with van der Waals surface area (Å²) in [4.78, 5) is 22.9. The largest absolute Gasteiger partial charge is 0.466 e. The highest BCUT2D eigenvalue weighted by molar-refractivity contribution is 5.74. The van der Waals surface area contributed by atoms with Gasteiger partial charge >= 0.3 is 5.97 Å². The number of aliphatic hydroxyl groups excluding tert-OH is 1. The number of allylic oxidation sites excluding steroid dienone is 6. The maximum absolute atomic E-state index is 11.7. The number of carbonyl (C=O) groups excluding carboxylic acids is 2. The number of esters is 1. The Labute approximate surface area is 225 Å². The monoisotopic (exact) mass is 516 g/mol. The second-order valence-electron chi connectivity index (χ2n) is 11.7. The molecule has 0 unspecified atom stereocenters. The molecule has 5 heteroatoms. The minimum Gasteiger partial charge on any atom is -0.466 e. The molecule has 210 valence electrons. The van der Waals surface area contributed by atoms with E-state index >= 15 is 0 Å². The van der Waals surface area contributed by atoms with Crippen LogP contribution in [0.5, 0.6) is 0 Å². The van der Waals surface area contributed by atoms with E-state index in [1.807, 2.05) is 20.8 Å². The predicted octanol–water partition coefficient (Wildman–Crippen LogP) is 7.18. The molecule has 0 amide bonds. The molecule has 1 fully saturated rings. The van der Waals surface area contributed by atoms with Crippen molar-refractivity contribution in [2.75, 3.05) is 6.61 Å². The molecular formula is C32H52O5. The minimum absolute atomic E-state index is 0.0158. The Bertz CT molecular complexity index is 885. The van der Waals surface area contributed by atoms with Gasteiger partial charge in [0.15, 0.2) is 0 Å². The highest BCUT2D eigenvalue weighted by Crippen LogP contribution is 2.55. The van der Waals surface area contributed by atoms with Gasteiger partial charge in [-0.1, -0.05) is 41.9 Å². The average Bonchev–Trinajstić information content (AvgIpc) is 2.81. The first-order valence-corrected chi connectivity index (χ1v) is 13.9. The van der Waals surface area contributed by atoms with Gasteiger partial charge in [0.1, 0.15) is 6.29 Å². The molecule has 0 aromatic heterocycles. The van der Waals surface area contributed by atoms with Crippen molar-refractivity contribution >= 4 is 12.3 Å². The van der Waals surface area contributed by atoms with E-state index in [4.69, 9.17) is 4.74 Å². The lowest BCUT2D eigenvalue weighted by molar-refractivity contribution is -0.141. The van der Waals surface area contributed by atoms with Crippen LogP contribution in [0.1, 0.15) is 113 Å². The Morgan fingerprint density at radius 3 is 2.35 bits per heavy atom. The third-order valence-corrected chi connectivity index (χ3v) is 8.36. The van der Waals surface area contributed by atoms with Crippen molar-refractivity contribution in [3.63, 3.8) is 0 Å². The zero-order valence-corrected chi connectivity index (χ0v) is 24.7. The summed E-state index contributed by atoms with van der Waals surface area (Å²) in [7, 11) is 0. The summed E-state index contributed by atoms with van der Waals surface area (Å²) in [5.74, 6) is -0.280. The molecule has 0 bridgehead atoms. The summed E-state index contributed by atoms with van der Waals surface area (Å²) in [5.41, 5.74) is 4.07. The van der Waals surface area contributed by atoms with Gasteiger partial charge in [0.2, 0.25) is 0 Å². The van der Waals surface area contributed by atoms with Gasteiger partial charge in [-0.2, -0.15) is 0 Å². The van der Waals surface area contributed by atoms with Crippen molar-refractivity contribution in [1.82, 2.24) is 0 Å². The predicted molar refractivity (Wildman–Crippen MR) is 152 cm³/mol. The molecule has 0 aromatic rings. The molecule has 0 heterocycles. The van der Waals surface area contributed by atoms with E-state index in [0.717, 1.165) is 55.1 Å². The van der Waals surface area contributed by atoms with Crippen LogP contribution in [0.3, 0.4) is 0 Å². The Balaban J connectivity index is 2.97. The van der Waals surface area contributed by atoms with Gasteiger partial charge in [-0.15, -0.1) is 0 Å². The van der Waals surface area contributed by atoms with Crippen LogP contribution in [0, 0.1) is 11.3 Å². The summed E-state index contributed by atoms with van der Waals surface area (Å²) < 4.78 is 5.15. The lowest BCUT2D eigenvalue weighted by Crippen LogP contribution is -2.52. The van der Waals surface area contributed by atoms with Crippen LogP contribution in [-0.4, -0.2) is 40.8 Å². The highest BCUT2D eigenvalue weighted by Gasteiger charge is 2.52. The fraction of sp³-hybridized carbons (Fsp3) is 0.688. The van der Waals surface area contributed by atoms with Crippen LogP contribution in [0.25, 0.3) is 0 Å². The van der Waals surface area contributed by atoms with Gasteiger partial charge in [0.05, 0.1) is 18.3 Å². The molecule has 5 nitrogen and oxygen atoms in total. The molecule has 0 aliphatic heterocycles. The van der Waals surface area contributed by atoms with Gasteiger partial charge in [-0.25, -0.2) is 0 Å². The molecule has 1 aliphatic carbocycles. The number of carbonyl (C=O) groups is 2. The van der Waals surface area contributed by atoms with Gasteiger partial charge in [0, 0.05) is 12.3 Å². The Kier molecular flexibility index (Phi) is 13.8. The summed E-state index contributed by atoms with van der Waals surface area (Å²) in [6, 6.07) is 0. The van der Waals surface area contributed by atoms with Crippen molar-refractivity contribution in [2.45, 2.75) is 125 Å². The SMILES string of the molecule is CC(=O)OCCC[C@@H]1/C(=C(/C)C=O)CC[C@](C)(O)[C@@]1(C)CC/C=C(\C)[C@H](O)C/C=C(\C)CCC=C(C)C. The van der Waals surface area contributed by atoms with Gasteiger partial charge < -0.3 is 14.9 Å². The second-order valence-corrected chi connectivity index (χ2v) is 11.7. The number of aliphatic hydroxyl groups is 2. The number of ether oxygens (including phenoxy) is 1. The van der Waals surface area contributed by atoms with Crippen molar-refractivity contribution < 1.29 is 24.5 Å². The summed E-state index contributed by atoms with van der Waals surface area (Å²) in [5, 5.41) is 22.2. The van der Waals surface area contributed by atoms with E-state index < -0.39 is 17.1 Å². The quantitative estimate of drug-likeness (QED) is 0.0840. The molecule has 37 heavy (non-hydrogen) atoms. The maximum Gasteiger partial charge on any atom is 0.302 e. The lowest BCUT2D eigenvalue weighted by Gasteiger charge is -2.53. The van der Waals surface area contributed by atoms with Crippen molar-refractivity contribution in [3.05, 3.63) is 46.1 Å². The van der Waals surface area contributed by atoms with E-state index in [-0.39, 0.29) is 11.9 Å². The van der Waals surface area contributed by atoms with E-state index in [9.17, 15) is 19.8 Å². The lowest BCUT2D eigenvalue weighted by atomic mass is 9.54. The Hall–Kier alpha value is -1.98. The standard InChI is InChI=1S/C32H52O5/c1-23(2)12-9-13-24(3)16-17-30(35)25(4)14-10-19-31(7)29(15-11-21-37-27(6)34)28(26(5)22-33)18-20-32(31,8)36/h12,14,16,22,29-30,35-36H,9-11,13,15,17-21H2,1-8H3/b24-16+,25-14+,28-26-/t29-,30-,31+,32+/m1/s1. The molecule has 1 aliphatic rings. The molecule has 4 atom stereocenters. The molecule has 0 radical (unpaired) electrons. The fourth-order valence-electron chi connectivity index (χ4n) is 5.51. The van der Waals surface area contributed by atoms with Crippen LogP contribution < -0.4 is 0 Å². The second kappa shape index (κ2) is 15.4. The number of hydrogen-bond acceptors (Lipinski definition) is 5. The zero-order chi connectivity index (χ0) is 28.2. The van der Waals surface area contributed by atoms with Gasteiger partial charge in [0.25, 0.3) is 0 Å². The van der Waals surface area contributed by atoms with E-state index in [0.29, 0.717) is 32.3 Å². The Morgan fingerprint density at radius 2 is 1.76 bits per heavy atom. The van der Waals surface area contributed by atoms with Crippen molar-refractivity contribution in [2.24, 2.45) is 11.3 Å².